The van der Waals surface area contributed by atoms with Gasteiger partial charge in [-0.15, -0.1) is 0 Å². The Morgan fingerprint density at radius 1 is 1.16 bits per heavy atom. The number of piperidine rings is 1. The number of aromatic nitrogens is 1. The summed E-state index contributed by atoms with van der Waals surface area (Å²) in [6.07, 6.45) is 8.51. The monoisotopic (exact) mass is 262 g/mol. The van der Waals surface area contributed by atoms with Gasteiger partial charge < -0.3 is 14.2 Å². The average molecular weight is 262 g/mol. The fraction of sp³-hybridized carbons (Fsp3) is 0.667. The lowest BCUT2D eigenvalue weighted by atomic mass is 9.74. The van der Waals surface area contributed by atoms with E-state index in [0.717, 1.165) is 45.6 Å². The Labute approximate surface area is 114 Å². The van der Waals surface area contributed by atoms with E-state index in [1.165, 1.54) is 6.42 Å². The van der Waals surface area contributed by atoms with Crippen molar-refractivity contribution in [1.82, 2.24) is 9.47 Å². The summed E-state index contributed by atoms with van der Waals surface area (Å²) in [4.78, 5) is 14.4. The number of hydrogen-bond acceptors (Lipinski definition) is 2. The molecule has 0 N–H and O–H groups in total. The summed E-state index contributed by atoms with van der Waals surface area (Å²) >= 11 is 0. The molecule has 104 valence electrons. The van der Waals surface area contributed by atoms with Crippen LogP contribution in [0.2, 0.25) is 0 Å². The van der Waals surface area contributed by atoms with Crippen LogP contribution in [0.5, 0.6) is 0 Å². The van der Waals surface area contributed by atoms with E-state index >= 15 is 0 Å². The van der Waals surface area contributed by atoms with Gasteiger partial charge in [0.05, 0.1) is 0 Å². The van der Waals surface area contributed by atoms with Crippen molar-refractivity contribution in [3.05, 3.63) is 24.5 Å². The predicted octanol–water partition coefficient (Wildman–Crippen LogP) is 1.91. The van der Waals surface area contributed by atoms with Crippen molar-refractivity contribution in [3.63, 3.8) is 0 Å². The minimum absolute atomic E-state index is 0.252. The zero-order chi connectivity index (χ0) is 13.1. The molecule has 0 radical (unpaired) electrons. The lowest BCUT2D eigenvalue weighted by Crippen LogP contribution is -2.49. The van der Waals surface area contributed by atoms with E-state index in [2.05, 4.69) is 4.90 Å². The highest BCUT2D eigenvalue weighted by Crippen LogP contribution is 2.39. The molecular weight excluding hydrogens is 240 g/mol. The highest BCUT2D eigenvalue weighted by Gasteiger charge is 2.38. The van der Waals surface area contributed by atoms with Gasteiger partial charge in [-0.25, -0.2) is 0 Å². The lowest BCUT2D eigenvalue weighted by Gasteiger charge is -2.45. The van der Waals surface area contributed by atoms with Gasteiger partial charge in [0, 0.05) is 38.7 Å². The van der Waals surface area contributed by atoms with Gasteiger partial charge in [-0.1, -0.05) is 0 Å². The Kier molecular flexibility index (Phi) is 3.60. The van der Waals surface area contributed by atoms with Crippen LogP contribution in [0.15, 0.2) is 24.5 Å². The van der Waals surface area contributed by atoms with Crippen molar-refractivity contribution in [1.29, 1.82) is 0 Å². The molecule has 2 aliphatic rings. The van der Waals surface area contributed by atoms with E-state index in [0.29, 0.717) is 12.0 Å². The zero-order valence-electron chi connectivity index (χ0n) is 11.4. The Morgan fingerprint density at radius 3 is 2.63 bits per heavy atom. The maximum absolute atomic E-state index is 12.4. The van der Waals surface area contributed by atoms with Gasteiger partial charge in [0.2, 0.25) is 5.91 Å². The first-order valence-electron chi connectivity index (χ1n) is 7.24. The van der Waals surface area contributed by atoms with E-state index in [-0.39, 0.29) is 5.91 Å². The van der Waals surface area contributed by atoms with Crippen LogP contribution in [0.4, 0.5) is 0 Å². The van der Waals surface area contributed by atoms with Crippen molar-refractivity contribution in [2.45, 2.75) is 32.2 Å². The summed E-state index contributed by atoms with van der Waals surface area (Å²) in [5.74, 6) is 0.252. The Bertz CT molecular complexity index is 416. The third-order valence-electron chi connectivity index (χ3n) is 4.55. The molecule has 0 saturated carbocycles. The fourth-order valence-corrected chi connectivity index (χ4v) is 3.37. The molecule has 1 spiro atoms. The summed E-state index contributed by atoms with van der Waals surface area (Å²) in [7, 11) is 0. The molecule has 3 rings (SSSR count). The number of rotatable bonds is 2. The minimum atomic E-state index is 0.252. The van der Waals surface area contributed by atoms with Gasteiger partial charge in [0.15, 0.2) is 0 Å². The van der Waals surface area contributed by atoms with Crippen LogP contribution < -0.4 is 0 Å². The maximum atomic E-state index is 12.4. The van der Waals surface area contributed by atoms with Gasteiger partial charge >= 0.3 is 0 Å². The van der Waals surface area contributed by atoms with E-state index in [9.17, 15) is 4.79 Å². The van der Waals surface area contributed by atoms with Crippen molar-refractivity contribution in [3.8, 4) is 0 Å². The van der Waals surface area contributed by atoms with Gasteiger partial charge in [-0.2, -0.15) is 0 Å². The highest BCUT2D eigenvalue weighted by molar-refractivity contribution is 5.76. The van der Waals surface area contributed by atoms with Gasteiger partial charge in [-0.3, -0.25) is 4.79 Å². The molecule has 3 heterocycles. The molecule has 2 saturated heterocycles. The van der Waals surface area contributed by atoms with Gasteiger partial charge in [0.1, 0.15) is 6.54 Å². The van der Waals surface area contributed by atoms with E-state index < -0.39 is 0 Å². The molecule has 4 nitrogen and oxygen atoms in total. The molecule has 1 aromatic heterocycles. The molecule has 2 aliphatic heterocycles. The van der Waals surface area contributed by atoms with Crippen LogP contribution in [-0.2, 0) is 16.1 Å². The first-order valence-corrected chi connectivity index (χ1v) is 7.24. The summed E-state index contributed by atoms with van der Waals surface area (Å²) < 4.78 is 7.42. The molecule has 0 unspecified atom stereocenters. The van der Waals surface area contributed by atoms with Crippen LogP contribution in [0, 0.1) is 5.41 Å². The average Bonchev–Trinajstić information content (AvgIpc) is 2.92. The minimum Gasteiger partial charge on any atom is -0.381 e. The molecule has 1 amide bonds. The Morgan fingerprint density at radius 2 is 1.89 bits per heavy atom. The number of carbonyl (C=O) groups excluding carboxylic acids is 1. The SMILES string of the molecule is O=C(Cn1cccc1)N1CCCC2(CCOCC2)C1. The van der Waals surface area contributed by atoms with E-state index in [1.54, 1.807) is 0 Å². The number of ether oxygens (including phenoxy) is 1. The van der Waals surface area contributed by atoms with Gasteiger partial charge in [0.25, 0.3) is 0 Å². The smallest absolute Gasteiger partial charge is 0.242 e. The van der Waals surface area contributed by atoms with Crippen LogP contribution in [0.3, 0.4) is 0 Å². The predicted molar refractivity (Wildman–Crippen MR) is 72.7 cm³/mol. The maximum Gasteiger partial charge on any atom is 0.242 e. The Hall–Kier alpha value is -1.29. The van der Waals surface area contributed by atoms with Crippen LogP contribution in [-0.4, -0.2) is 41.7 Å². The molecule has 0 atom stereocenters. The van der Waals surface area contributed by atoms with E-state index in [1.807, 2.05) is 29.1 Å². The molecule has 4 heteroatoms. The first-order chi connectivity index (χ1) is 9.27. The second-order valence-corrected chi connectivity index (χ2v) is 5.89. The molecule has 19 heavy (non-hydrogen) atoms. The zero-order valence-corrected chi connectivity index (χ0v) is 11.4. The molecule has 0 bridgehead atoms. The van der Waals surface area contributed by atoms with Crippen LogP contribution >= 0.6 is 0 Å². The van der Waals surface area contributed by atoms with Crippen molar-refractivity contribution >= 4 is 5.91 Å². The van der Waals surface area contributed by atoms with Gasteiger partial charge in [-0.05, 0) is 43.2 Å². The van der Waals surface area contributed by atoms with Crippen LogP contribution in [0.1, 0.15) is 25.7 Å². The summed E-state index contributed by atoms with van der Waals surface area (Å²) in [6.45, 7) is 4.04. The number of carbonyl (C=O) groups is 1. The van der Waals surface area contributed by atoms with E-state index in [4.69, 9.17) is 4.74 Å². The third kappa shape index (κ3) is 2.84. The molecule has 0 aliphatic carbocycles. The number of likely N-dealkylation sites (tertiary alicyclic amines) is 1. The standard InChI is InChI=1S/C15H22N2O2/c18-14(12-16-7-1-2-8-16)17-9-3-4-15(13-17)5-10-19-11-6-15/h1-2,7-8H,3-6,9-13H2. The summed E-state index contributed by atoms with van der Waals surface area (Å²) in [6, 6.07) is 3.92. The largest absolute Gasteiger partial charge is 0.381 e. The lowest BCUT2D eigenvalue weighted by molar-refractivity contribution is -0.137. The first kappa shape index (κ1) is 12.7. The van der Waals surface area contributed by atoms with Crippen LogP contribution in [0.25, 0.3) is 0 Å². The van der Waals surface area contributed by atoms with Crippen molar-refractivity contribution in [2.75, 3.05) is 26.3 Å². The molecular formula is C15H22N2O2. The normalized spacial score (nSPS) is 22.6. The van der Waals surface area contributed by atoms with Crippen molar-refractivity contribution in [2.24, 2.45) is 5.41 Å². The highest BCUT2D eigenvalue weighted by atomic mass is 16.5. The third-order valence-corrected chi connectivity index (χ3v) is 4.55. The number of nitrogens with zero attached hydrogens (tertiary/aromatic N) is 2. The van der Waals surface area contributed by atoms with Crippen molar-refractivity contribution < 1.29 is 9.53 Å². The second kappa shape index (κ2) is 5.37. The fourth-order valence-electron chi connectivity index (χ4n) is 3.37. The summed E-state index contributed by atoms with van der Waals surface area (Å²) in [5.41, 5.74) is 0.336. The molecule has 2 fully saturated rings. The number of hydrogen-bond donors (Lipinski definition) is 0. The second-order valence-electron chi connectivity index (χ2n) is 5.89. The number of amides is 1. The Balaban J connectivity index is 1.62. The quantitative estimate of drug-likeness (QED) is 0.816. The molecule has 0 aromatic carbocycles. The molecule has 1 aromatic rings. The topological polar surface area (TPSA) is 34.5 Å². The summed E-state index contributed by atoms with van der Waals surface area (Å²) in [5, 5.41) is 0.